The van der Waals surface area contributed by atoms with Gasteiger partial charge in [-0.25, -0.2) is 0 Å². The largest absolute Gasteiger partial charge is 0.294 e. The van der Waals surface area contributed by atoms with Gasteiger partial charge in [-0.2, -0.15) is 0 Å². The van der Waals surface area contributed by atoms with Crippen LogP contribution in [0.4, 0.5) is 0 Å². The standard InChI is InChI=1S/C10H16OSi/c1-8(12(2,3)4)9-5-6-10(11)7-9/h5-6H,7H2,1-4H3/b9-8-. The molecule has 2 heteroatoms. The molecule has 1 nitrogen and oxygen atoms in total. The molecule has 1 aliphatic rings. The van der Waals surface area contributed by atoms with E-state index in [1.807, 2.05) is 6.08 Å². The number of hydrogen-bond donors (Lipinski definition) is 0. The summed E-state index contributed by atoms with van der Waals surface area (Å²) in [5.41, 5.74) is 1.26. The van der Waals surface area contributed by atoms with Crippen LogP contribution in [-0.4, -0.2) is 13.9 Å². The van der Waals surface area contributed by atoms with Crippen LogP contribution >= 0.6 is 0 Å². The van der Waals surface area contributed by atoms with Gasteiger partial charge in [-0.05, 0) is 18.6 Å². The van der Waals surface area contributed by atoms with Crippen LogP contribution in [0.15, 0.2) is 22.9 Å². The molecule has 0 saturated carbocycles. The SMILES string of the molecule is C/C(=C1\C=CC(=O)C1)[Si](C)(C)C. The van der Waals surface area contributed by atoms with E-state index in [0.29, 0.717) is 6.42 Å². The van der Waals surface area contributed by atoms with Crippen molar-refractivity contribution in [3.8, 4) is 0 Å². The molecule has 12 heavy (non-hydrogen) atoms. The fourth-order valence-corrected chi connectivity index (χ4v) is 2.37. The van der Waals surface area contributed by atoms with Gasteiger partial charge in [0.2, 0.25) is 0 Å². The lowest BCUT2D eigenvalue weighted by Gasteiger charge is -2.19. The Hall–Kier alpha value is -0.633. The van der Waals surface area contributed by atoms with Gasteiger partial charge >= 0.3 is 0 Å². The maximum atomic E-state index is 11.0. The number of carbonyl (C=O) groups excluding carboxylic acids is 1. The van der Waals surface area contributed by atoms with Gasteiger partial charge in [0, 0.05) is 6.42 Å². The Balaban J connectivity index is 2.94. The van der Waals surface area contributed by atoms with Gasteiger partial charge in [-0.15, -0.1) is 0 Å². The third kappa shape index (κ3) is 1.94. The van der Waals surface area contributed by atoms with Crippen molar-refractivity contribution in [2.45, 2.75) is 33.0 Å². The molecule has 66 valence electrons. The highest BCUT2D eigenvalue weighted by atomic mass is 28.3. The normalized spacial score (nSPS) is 21.8. The fourth-order valence-electron chi connectivity index (χ4n) is 1.24. The zero-order chi connectivity index (χ0) is 9.35. The summed E-state index contributed by atoms with van der Waals surface area (Å²) in [6.45, 7) is 9.11. The molecule has 0 N–H and O–H groups in total. The molecule has 0 heterocycles. The molecule has 0 bridgehead atoms. The molecule has 1 aliphatic carbocycles. The van der Waals surface area contributed by atoms with E-state index < -0.39 is 8.07 Å². The first-order chi connectivity index (χ1) is 5.41. The Morgan fingerprint density at radius 3 is 2.25 bits per heavy atom. The molecule has 1 rings (SSSR count). The summed E-state index contributed by atoms with van der Waals surface area (Å²) >= 11 is 0. The van der Waals surface area contributed by atoms with Crippen LogP contribution < -0.4 is 0 Å². The van der Waals surface area contributed by atoms with Gasteiger partial charge in [0.05, 0.1) is 8.07 Å². The van der Waals surface area contributed by atoms with Gasteiger partial charge in [-0.3, -0.25) is 4.79 Å². The van der Waals surface area contributed by atoms with Gasteiger partial charge < -0.3 is 0 Å². The Kier molecular flexibility index (Phi) is 2.38. The van der Waals surface area contributed by atoms with Crippen molar-refractivity contribution in [3.05, 3.63) is 22.9 Å². The highest BCUT2D eigenvalue weighted by Gasteiger charge is 2.21. The Labute approximate surface area is 75.2 Å². The lowest BCUT2D eigenvalue weighted by Crippen LogP contribution is -2.23. The fraction of sp³-hybridized carbons (Fsp3) is 0.500. The second kappa shape index (κ2) is 3.02. The van der Waals surface area contributed by atoms with Crippen LogP contribution in [0.2, 0.25) is 19.6 Å². The molecule has 0 unspecified atom stereocenters. The molecule has 0 aromatic rings. The highest BCUT2D eigenvalue weighted by molar-refractivity contribution is 6.83. The molecular formula is C10H16OSi. The zero-order valence-corrected chi connectivity index (χ0v) is 9.27. The number of rotatable bonds is 1. The third-order valence-corrected chi connectivity index (χ3v) is 5.01. The minimum Gasteiger partial charge on any atom is -0.294 e. The van der Waals surface area contributed by atoms with Crippen molar-refractivity contribution in [3.63, 3.8) is 0 Å². The summed E-state index contributed by atoms with van der Waals surface area (Å²) in [4.78, 5) is 11.0. The summed E-state index contributed by atoms with van der Waals surface area (Å²) in [6, 6.07) is 0. The van der Waals surface area contributed by atoms with Crippen LogP contribution in [0.1, 0.15) is 13.3 Å². The van der Waals surface area contributed by atoms with Crippen molar-refractivity contribution in [1.82, 2.24) is 0 Å². The van der Waals surface area contributed by atoms with Crippen molar-refractivity contribution >= 4 is 13.9 Å². The third-order valence-electron chi connectivity index (χ3n) is 2.44. The molecular weight excluding hydrogens is 164 g/mol. The number of carbonyl (C=O) groups is 1. The van der Waals surface area contributed by atoms with Crippen molar-refractivity contribution in [1.29, 1.82) is 0 Å². The summed E-state index contributed by atoms with van der Waals surface area (Å²) < 4.78 is 0. The Morgan fingerprint density at radius 2 is 1.92 bits per heavy atom. The molecule has 0 aromatic carbocycles. The number of ketones is 1. The lowest BCUT2D eigenvalue weighted by molar-refractivity contribution is -0.113. The summed E-state index contributed by atoms with van der Waals surface area (Å²) in [6.07, 6.45) is 4.31. The van der Waals surface area contributed by atoms with Crippen molar-refractivity contribution in [2.24, 2.45) is 0 Å². The van der Waals surface area contributed by atoms with E-state index in [4.69, 9.17) is 0 Å². The Bertz CT molecular complexity index is 266. The van der Waals surface area contributed by atoms with E-state index in [9.17, 15) is 4.79 Å². The predicted molar refractivity (Wildman–Crippen MR) is 54.8 cm³/mol. The second-order valence-electron chi connectivity index (χ2n) is 4.38. The molecule has 0 radical (unpaired) electrons. The predicted octanol–water partition coefficient (Wildman–Crippen LogP) is 2.71. The lowest BCUT2D eigenvalue weighted by atomic mass is 10.2. The van der Waals surface area contributed by atoms with E-state index in [0.717, 1.165) is 0 Å². The van der Waals surface area contributed by atoms with E-state index in [2.05, 4.69) is 26.6 Å². The summed E-state index contributed by atoms with van der Waals surface area (Å²) in [5, 5.41) is 1.46. The van der Waals surface area contributed by atoms with E-state index in [1.54, 1.807) is 6.08 Å². The molecule has 0 aliphatic heterocycles. The first-order valence-electron chi connectivity index (χ1n) is 4.32. The minimum absolute atomic E-state index is 0.252. The zero-order valence-electron chi connectivity index (χ0n) is 8.27. The van der Waals surface area contributed by atoms with Crippen LogP contribution in [0.3, 0.4) is 0 Å². The first kappa shape index (κ1) is 9.45. The molecule has 0 fully saturated rings. The first-order valence-corrected chi connectivity index (χ1v) is 7.82. The molecule has 0 aromatic heterocycles. The average Bonchev–Trinajstić information content (AvgIpc) is 2.32. The number of hydrogen-bond acceptors (Lipinski definition) is 1. The van der Waals surface area contributed by atoms with E-state index in [-0.39, 0.29) is 5.78 Å². The highest BCUT2D eigenvalue weighted by Crippen LogP contribution is 2.24. The Morgan fingerprint density at radius 1 is 1.33 bits per heavy atom. The smallest absolute Gasteiger partial charge is 0.160 e. The van der Waals surface area contributed by atoms with Crippen molar-refractivity contribution < 1.29 is 4.79 Å². The summed E-state index contributed by atoms with van der Waals surface area (Å²) in [7, 11) is -1.18. The maximum absolute atomic E-state index is 11.0. The monoisotopic (exact) mass is 180 g/mol. The van der Waals surface area contributed by atoms with E-state index in [1.165, 1.54) is 10.8 Å². The van der Waals surface area contributed by atoms with Crippen LogP contribution in [-0.2, 0) is 4.79 Å². The molecule has 0 amide bonds. The van der Waals surface area contributed by atoms with Gasteiger partial charge in [0.25, 0.3) is 0 Å². The number of allylic oxidation sites excluding steroid dienone is 4. The molecule has 0 saturated heterocycles. The quantitative estimate of drug-likeness (QED) is 0.567. The minimum atomic E-state index is -1.18. The molecule has 0 spiro atoms. The van der Waals surface area contributed by atoms with Crippen LogP contribution in [0.5, 0.6) is 0 Å². The van der Waals surface area contributed by atoms with Gasteiger partial charge in [0.15, 0.2) is 5.78 Å². The maximum Gasteiger partial charge on any atom is 0.160 e. The topological polar surface area (TPSA) is 17.1 Å². The second-order valence-corrected chi connectivity index (χ2v) is 9.63. The van der Waals surface area contributed by atoms with Crippen molar-refractivity contribution in [2.75, 3.05) is 0 Å². The van der Waals surface area contributed by atoms with E-state index >= 15 is 0 Å². The molecule has 0 atom stereocenters. The van der Waals surface area contributed by atoms with Gasteiger partial charge in [-0.1, -0.05) is 30.9 Å². The summed E-state index contributed by atoms with van der Waals surface area (Å²) in [5.74, 6) is 0.252. The average molecular weight is 180 g/mol. The van der Waals surface area contributed by atoms with Crippen LogP contribution in [0.25, 0.3) is 0 Å². The van der Waals surface area contributed by atoms with Gasteiger partial charge in [0.1, 0.15) is 0 Å². The van der Waals surface area contributed by atoms with Crippen LogP contribution in [0, 0.1) is 0 Å².